The highest BCUT2D eigenvalue weighted by molar-refractivity contribution is 7.92. The van der Waals surface area contributed by atoms with E-state index in [-0.39, 0.29) is 10.8 Å². The van der Waals surface area contributed by atoms with Crippen molar-refractivity contribution in [2.75, 3.05) is 10.0 Å². The second-order valence-corrected chi connectivity index (χ2v) is 9.19. The van der Waals surface area contributed by atoms with E-state index in [0.717, 1.165) is 10.8 Å². The molecule has 4 rings (SSSR count). The first-order valence-corrected chi connectivity index (χ1v) is 12.1. The van der Waals surface area contributed by atoms with Crippen molar-refractivity contribution in [3.8, 4) is 5.75 Å². The number of benzene rings is 4. The summed E-state index contributed by atoms with van der Waals surface area (Å²) >= 11 is 0. The molecule has 0 fully saturated rings. The Morgan fingerprint density at radius 3 is 2.18 bits per heavy atom. The van der Waals surface area contributed by atoms with E-state index in [1.807, 2.05) is 55.5 Å². The first kappa shape index (κ1) is 22.4. The van der Waals surface area contributed by atoms with E-state index in [9.17, 15) is 13.2 Å². The third kappa shape index (κ3) is 5.51. The summed E-state index contributed by atoms with van der Waals surface area (Å²) in [5, 5.41) is 4.93. The Hall–Kier alpha value is -3.84. The number of carbonyl (C=O) groups is 1. The second kappa shape index (κ2) is 9.75. The molecule has 0 aliphatic rings. The molecule has 7 heteroatoms. The molecular weight excluding hydrogens is 436 g/mol. The van der Waals surface area contributed by atoms with Gasteiger partial charge in [0.15, 0.2) is 6.10 Å². The van der Waals surface area contributed by atoms with Gasteiger partial charge in [-0.3, -0.25) is 9.52 Å². The van der Waals surface area contributed by atoms with E-state index in [1.54, 1.807) is 36.4 Å². The number of nitrogens with one attached hydrogen (secondary N) is 2. The zero-order chi connectivity index (χ0) is 23.3. The van der Waals surface area contributed by atoms with Crippen molar-refractivity contribution in [1.29, 1.82) is 0 Å². The Balaban J connectivity index is 1.42. The molecule has 1 unspecified atom stereocenters. The minimum atomic E-state index is -3.73. The molecule has 0 aliphatic carbocycles. The van der Waals surface area contributed by atoms with Crippen LogP contribution in [-0.2, 0) is 14.8 Å². The van der Waals surface area contributed by atoms with Crippen LogP contribution in [0.4, 0.5) is 11.4 Å². The number of hydrogen-bond acceptors (Lipinski definition) is 4. The zero-order valence-corrected chi connectivity index (χ0v) is 18.9. The molecule has 0 bridgehead atoms. The average Bonchev–Trinajstić information content (AvgIpc) is 2.83. The Labute approximate surface area is 193 Å². The predicted molar refractivity (Wildman–Crippen MR) is 131 cm³/mol. The van der Waals surface area contributed by atoms with Crippen LogP contribution in [0.15, 0.2) is 102 Å². The minimum absolute atomic E-state index is 0.101. The minimum Gasteiger partial charge on any atom is -0.481 e. The number of amides is 1. The molecule has 0 saturated heterocycles. The van der Waals surface area contributed by atoms with Crippen molar-refractivity contribution in [1.82, 2.24) is 0 Å². The van der Waals surface area contributed by atoms with Crippen molar-refractivity contribution in [2.45, 2.75) is 24.3 Å². The highest BCUT2D eigenvalue weighted by Crippen LogP contribution is 2.23. The van der Waals surface area contributed by atoms with Gasteiger partial charge in [-0.05, 0) is 65.7 Å². The lowest BCUT2D eigenvalue weighted by atomic mass is 10.1. The fourth-order valence-electron chi connectivity index (χ4n) is 3.39. The summed E-state index contributed by atoms with van der Waals surface area (Å²) in [6, 6.07) is 28.3. The number of rotatable bonds is 8. The van der Waals surface area contributed by atoms with Crippen molar-refractivity contribution >= 4 is 38.1 Å². The summed E-state index contributed by atoms with van der Waals surface area (Å²) in [5.41, 5.74) is 0.964. The number of para-hydroxylation sites is 1. The summed E-state index contributed by atoms with van der Waals surface area (Å²) in [6.45, 7) is 1.87. The quantitative estimate of drug-likeness (QED) is 0.367. The summed E-state index contributed by atoms with van der Waals surface area (Å²) in [4.78, 5) is 12.9. The van der Waals surface area contributed by atoms with Gasteiger partial charge in [0.05, 0.1) is 4.90 Å². The normalized spacial score (nSPS) is 12.2. The highest BCUT2D eigenvalue weighted by Gasteiger charge is 2.20. The lowest BCUT2D eigenvalue weighted by molar-refractivity contribution is -0.122. The van der Waals surface area contributed by atoms with Crippen LogP contribution in [0.25, 0.3) is 10.8 Å². The van der Waals surface area contributed by atoms with E-state index in [0.29, 0.717) is 23.5 Å². The molecular formula is C26H24N2O4S. The molecule has 168 valence electrons. The van der Waals surface area contributed by atoms with Crippen molar-refractivity contribution in [3.05, 3.63) is 97.1 Å². The van der Waals surface area contributed by atoms with Crippen LogP contribution < -0.4 is 14.8 Å². The highest BCUT2D eigenvalue weighted by atomic mass is 32.2. The van der Waals surface area contributed by atoms with Crippen LogP contribution in [-0.4, -0.2) is 20.4 Å². The van der Waals surface area contributed by atoms with E-state index in [2.05, 4.69) is 10.0 Å². The summed E-state index contributed by atoms with van der Waals surface area (Å²) in [6.07, 6.45) is -0.208. The predicted octanol–water partition coefficient (Wildman–Crippen LogP) is 5.44. The van der Waals surface area contributed by atoms with Gasteiger partial charge in [0, 0.05) is 11.4 Å². The van der Waals surface area contributed by atoms with Crippen LogP contribution in [0.1, 0.15) is 13.3 Å². The lowest BCUT2D eigenvalue weighted by Crippen LogP contribution is -2.32. The molecule has 0 saturated carbocycles. The molecule has 0 aliphatic heterocycles. The Kier molecular flexibility index (Phi) is 6.60. The molecule has 4 aromatic rings. The van der Waals surface area contributed by atoms with Crippen molar-refractivity contribution in [2.24, 2.45) is 0 Å². The van der Waals surface area contributed by atoms with Crippen LogP contribution in [0, 0.1) is 0 Å². The molecule has 0 radical (unpaired) electrons. The number of ether oxygens (including phenoxy) is 1. The third-order valence-electron chi connectivity index (χ3n) is 5.12. The standard InChI is InChI=1S/C26H24N2O4S/c1-2-25(32-23-15-12-19-8-6-7-9-20(19)18-23)26(29)27-21-13-16-24(17-14-21)33(30,31)28-22-10-4-3-5-11-22/h3-18,25,28H,2H2,1H3,(H,27,29). The molecule has 6 nitrogen and oxygen atoms in total. The molecule has 0 heterocycles. The van der Waals surface area contributed by atoms with Gasteiger partial charge < -0.3 is 10.1 Å². The molecule has 0 spiro atoms. The average molecular weight is 461 g/mol. The van der Waals surface area contributed by atoms with E-state index < -0.39 is 16.1 Å². The van der Waals surface area contributed by atoms with Crippen LogP contribution in [0.5, 0.6) is 5.75 Å². The monoisotopic (exact) mass is 460 g/mol. The van der Waals surface area contributed by atoms with Gasteiger partial charge >= 0.3 is 0 Å². The smallest absolute Gasteiger partial charge is 0.265 e. The summed E-state index contributed by atoms with van der Waals surface area (Å²) in [7, 11) is -3.73. The Morgan fingerprint density at radius 1 is 0.818 bits per heavy atom. The van der Waals surface area contributed by atoms with Crippen LogP contribution in [0.3, 0.4) is 0 Å². The second-order valence-electron chi connectivity index (χ2n) is 7.51. The fraction of sp³-hybridized carbons (Fsp3) is 0.115. The van der Waals surface area contributed by atoms with Gasteiger partial charge in [0.25, 0.3) is 15.9 Å². The number of carbonyl (C=O) groups excluding carboxylic acids is 1. The largest absolute Gasteiger partial charge is 0.481 e. The molecule has 33 heavy (non-hydrogen) atoms. The Morgan fingerprint density at radius 2 is 1.48 bits per heavy atom. The summed E-state index contributed by atoms with van der Waals surface area (Å²) in [5.74, 6) is 0.313. The maximum Gasteiger partial charge on any atom is 0.265 e. The number of hydrogen-bond donors (Lipinski definition) is 2. The van der Waals surface area contributed by atoms with E-state index in [4.69, 9.17) is 4.74 Å². The van der Waals surface area contributed by atoms with Gasteiger partial charge in [-0.1, -0.05) is 55.5 Å². The third-order valence-corrected chi connectivity index (χ3v) is 6.52. The molecule has 1 amide bonds. The maximum absolute atomic E-state index is 12.8. The molecule has 4 aromatic carbocycles. The molecule has 1 atom stereocenters. The molecule has 0 aromatic heterocycles. The first-order chi connectivity index (χ1) is 15.9. The lowest BCUT2D eigenvalue weighted by Gasteiger charge is -2.18. The fourth-order valence-corrected chi connectivity index (χ4v) is 4.45. The van der Waals surface area contributed by atoms with Gasteiger partial charge in [-0.15, -0.1) is 0 Å². The maximum atomic E-state index is 12.8. The SMILES string of the molecule is CCC(Oc1ccc2ccccc2c1)C(=O)Nc1ccc(S(=O)(=O)Nc2ccccc2)cc1. The van der Waals surface area contributed by atoms with E-state index >= 15 is 0 Å². The van der Waals surface area contributed by atoms with Crippen molar-refractivity contribution in [3.63, 3.8) is 0 Å². The van der Waals surface area contributed by atoms with Crippen molar-refractivity contribution < 1.29 is 17.9 Å². The number of anilines is 2. The van der Waals surface area contributed by atoms with Crippen LogP contribution in [0.2, 0.25) is 0 Å². The van der Waals surface area contributed by atoms with Crippen LogP contribution >= 0.6 is 0 Å². The zero-order valence-electron chi connectivity index (χ0n) is 18.1. The topological polar surface area (TPSA) is 84.5 Å². The molecule has 2 N–H and O–H groups in total. The van der Waals surface area contributed by atoms with Gasteiger partial charge in [-0.2, -0.15) is 0 Å². The van der Waals surface area contributed by atoms with Gasteiger partial charge in [-0.25, -0.2) is 8.42 Å². The Bertz CT molecular complexity index is 1350. The van der Waals surface area contributed by atoms with Gasteiger partial charge in [0.1, 0.15) is 5.75 Å². The van der Waals surface area contributed by atoms with Gasteiger partial charge in [0.2, 0.25) is 0 Å². The first-order valence-electron chi connectivity index (χ1n) is 10.6. The summed E-state index contributed by atoms with van der Waals surface area (Å²) < 4.78 is 33.6. The number of fused-ring (bicyclic) bond motifs is 1. The number of sulfonamides is 1. The van der Waals surface area contributed by atoms with E-state index in [1.165, 1.54) is 12.1 Å².